The third kappa shape index (κ3) is 7.41. The van der Waals surface area contributed by atoms with Gasteiger partial charge in [-0.25, -0.2) is 0 Å². The van der Waals surface area contributed by atoms with E-state index in [1.54, 1.807) is 0 Å². The number of rotatable bonds is 10. The lowest BCUT2D eigenvalue weighted by Gasteiger charge is -2.21. The molecule has 0 saturated carbocycles. The molecular weight excluding hydrogens is 363 g/mol. The van der Waals surface area contributed by atoms with Crippen molar-refractivity contribution in [2.45, 2.75) is 44.8 Å². The first-order chi connectivity index (χ1) is 13.9. The maximum Gasteiger partial charge on any atom is 0.306 e. The largest absolute Gasteiger partial charge is 0.466 e. The predicted molar refractivity (Wildman–Crippen MR) is 115 cm³/mol. The maximum atomic E-state index is 12.2. The lowest BCUT2D eigenvalue weighted by Crippen LogP contribution is -2.23. The van der Waals surface area contributed by atoms with E-state index >= 15 is 0 Å². The second-order valence-electron chi connectivity index (χ2n) is 7.66. The molecule has 2 aromatic rings. The van der Waals surface area contributed by atoms with E-state index in [1.165, 1.54) is 0 Å². The monoisotopic (exact) mass is 392 g/mol. The van der Waals surface area contributed by atoms with E-state index < -0.39 is 11.8 Å². The molecule has 4 unspecified atom stereocenters. The van der Waals surface area contributed by atoms with Gasteiger partial charge in [0.25, 0.3) is 0 Å². The molecule has 0 bridgehead atoms. The van der Waals surface area contributed by atoms with E-state index in [0.29, 0.717) is 6.42 Å². The summed E-state index contributed by atoms with van der Waals surface area (Å²) in [4.78, 5) is 24.3. The molecule has 0 fully saturated rings. The molecule has 4 nitrogen and oxygen atoms in total. The Hall–Kier alpha value is -2.56. The van der Waals surface area contributed by atoms with E-state index in [0.717, 1.165) is 11.1 Å². The minimum atomic E-state index is -0.737. The Balaban J connectivity index is 1.70. The number of ether oxygens (including phenoxy) is 2. The van der Waals surface area contributed by atoms with Crippen molar-refractivity contribution in [2.75, 3.05) is 13.2 Å². The Kier molecular flexibility index (Phi) is 8.97. The van der Waals surface area contributed by atoms with Crippen molar-refractivity contribution < 1.29 is 19.1 Å². The van der Waals surface area contributed by atoms with Gasteiger partial charge < -0.3 is 9.47 Å². The van der Waals surface area contributed by atoms with Crippen LogP contribution in [-0.2, 0) is 19.1 Å². The third-order valence-electron chi connectivity index (χ3n) is 5.02. The van der Waals surface area contributed by atoms with Crippen molar-refractivity contribution in [3.63, 3.8) is 0 Å². The third-order valence-corrected chi connectivity index (χ3v) is 5.02. The van der Waals surface area contributed by atoms with Crippen molar-refractivity contribution >= 4 is 19.8 Å². The lowest BCUT2D eigenvalue weighted by molar-refractivity contribution is -0.148. The number of esters is 2. The number of carbonyl (C=O) groups excluding carboxylic acids is 2. The summed E-state index contributed by atoms with van der Waals surface area (Å²) in [7, 11) is 6.05. The minimum Gasteiger partial charge on any atom is -0.466 e. The minimum absolute atomic E-state index is 0.0920. The topological polar surface area (TPSA) is 52.6 Å². The Bertz CT molecular complexity index is 763. The van der Waals surface area contributed by atoms with Gasteiger partial charge in [0.15, 0.2) is 0 Å². The average Bonchev–Trinajstić information content (AvgIpc) is 2.76. The molecule has 2 aromatic carbocycles. The summed E-state index contributed by atoms with van der Waals surface area (Å²) in [6, 6.07) is 19.5. The van der Waals surface area contributed by atoms with Crippen LogP contribution in [0.25, 0.3) is 0 Å². The average molecular weight is 392 g/mol. The van der Waals surface area contributed by atoms with Crippen LogP contribution in [0.2, 0.25) is 5.82 Å². The van der Waals surface area contributed by atoms with Gasteiger partial charge in [0, 0.05) is 11.7 Å². The second kappa shape index (κ2) is 11.4. The molecule has 0 aromatic heterocycles. The van der Waals surface area contributed by atoms with E-state index in [9.17, 15) is 9.59 Å². The quantitative estimate of drug-likeness (QED) is 0.436. The van der Waals surface area contributed by atoms with Crippen LogP contribution in [0, 0.1) is 5.92 Å². The van der Waals surface area contributed by atoms with Gasteiger partial charge in [-0.3, -0.25) is 9.59 Å². The zero-order valence-corrected chi connectivity index (χ0v) is 17.4. The molecule has 0 N–H and O–H groups in total. The van der Waals surface area contributed by atoms with E-state index in [2.05, 4.69) is 0 Å². The zero-order valence-electron chi connectivity index (χ0n) is 17.4. The van der Waals surface area contributed by atoms with Crippen LogP contribution in [-0.4, -0.2) is 33.0 Å². The van der Waals surface area contributed by atoms with Gasteiger partial charge >= 0.3 is 11.9 Å². The van der Waals surface area contributed by atoms with E-state index in [4.69, 9.17) is 17.3 Å². The number of hydrogen-bond donors (Lipinski definition) is 0. The molecule has 0 saturated heterocycles. The van der Waals surface area contributed by atoms with Gasteiger partial charge in [-0.2, -0.15) is 0 Å². The lowest BCUT2D eigenvalue weighted by atomic mass is 9.74. The van der Waals surface area contributed by atoms with Crippen molar-refractivity contribution in [2.24, 2.45) is 5.92 Å². The van der Waals surface area contributed by atoms with Gasteiger partial charge in [0.1, 0.15) is 0 Å². The summed E-state index contributed by atoms with van der Waals surface area (Å²) >= 11 is 0. The van der Waals surface area contributed by atoms with Gasteiger partial charge in [0.2, 0.25) is 0 Å². The Morgan fingerprint density at radius 2 is 1.34 bits per heavy atom. The van der Waals surface area contributed by atoms with E-state index in [-0.39, 0.29) is 36.9 Å². The second-order valence-corrected chi connectivity index (χ2v) is 7.66. The summed E-state index contributed by atoms with van der Waals surface area (Å²) in [6.07, 6.45) is 0.315. The SMILES string of the molecule is [B]C(C(=O)OCC(C)COC(=O)CC(C)c1ccccc1)C(C)c1ccccc1. The zero-order chi connectivity index (χ0) is 21.2. The van der Waals surface area contributed by atoms with Gasteiger partial charge in [-0.1, -0.05) is 81.4 Å². The smallest absolute Gasteiger partial charge is 0.306 e. The first kappa shape index (κ1) is 22.7. The van der Waals surface area contributed by atoms with Crippen molar-refractivity contribution in [3.05, 3.63) is 71.8 Å². The van der Waals surface area contributed by atoms with Gasteiger partial charge in [0.05, 0.1) is 27.5 Å². The summed E-state index contributed by atoms with van der Waals surface area (Å²) in [5, 5.41) is 0. The van der Waals surface area contributed by atoms with Crippen LogP contribution in [0.5, 0.6) is 0 Å². The molecule has 152 valence electrons. The summed E-state index contributed by atoms with van der Waals surface area (Å²) < 4.78 is 10.7. The number of hydrogen-bond acceptors (Lipinski definition) is 4. The van der Waals surface area contributed by atoms with Crippen LogP contribution >= 0.6 is 0 Å². The predicted octanol–water partition coefficient (Wildman–Crippen LogP) is 4.66. The molecule has 0 aliphatic heterocycles. The number of benzene rings is 2. The van der Waals surface area contributed by atoms with Crippen LogP contribution < -0.4 is 0 Å². The first-order valence-electron chi connectivity index (χ1n) is 10.1. The molecule has 0 amide bonds. The number of carbonyl (C=O) groups is 2. The van der Waals surface area contributed by atoms with Crippen LogP contribution in [0.1, 0.15) is 50.2 Å². The Morgan fingerprint density at radius 3 is 1.93 bits per heavy atom. The van der Waals surface area contributed by atoms with Gasteiger partial charge in [-0.05, 0) is 23.0 Å². The highest BCUT2D eigenvalue weighted by Crippen LogP contribution is 2.27. The van der Waals surface area contributed by atoms with E-state index in [1.807, 2.05) is 81.4 Å². The highest BCUT2D eigenvalue weighted by molar-refractivity contribution is 6.23. The standard InChI is InChI=1S/C24H29BO4/c1-17(15-28-22(26)14-18(2)20-10-6-4-7-11-20)16-29-24(27)23(25)19(3)21-12-8-5-9-13-21/h4-13,17-19,23H,14-16H2,1-3H3. The highest BCUT2D eigenvalue weighted by atomic mass is 16.5. The Morgan fingerprint density at radius 1 is 0.828 bits per heavy atom. The fraction of sp³-hybridized carbons (Fsp3) is 0.417. The van der Waals surface area contributed by atoms with Crippen LogP contribution in [0.4, 0.5) is 0 Å². The highest BCUT2D eigenvalue weighted by Gasteiger charge is 2.23. The van der Waals surface area contributed by atoms with Crippen molar-refractivity contribution in [1.82, 2.24) is 0 Å². The molecule has 2 radical (unpaired) electrons. The maximum absolute atomic E-state index is 12.2. The molecule has 0 aliphatic rings. The molecular formula is C24H29BO4. The summed E-state index contributed by atoms with van der Waals surface area (Å²) in [6.45, 7) is 6.14. The molecule has 4 atom stereocenters. The van der Waals surface area contributed by atoms with Gasteiger partial charge in [-0.15, -0.1) is 0 Å². The fourth-order valence-electron chi connectivity index (χ4n) is 2.98. The van der Waals surface area contributed by atoms with Crippen molar-refractivity contribution in [1.29, 1.82) is 0 Å². The van der Waals surface area contributed by atoms with Crippen molar-refractivity contribution in [3.8, 4) is 0 Å². The molecule has 5 heteroatoms. The molecule has 29 heavy (non-hydrogen) atoms. The molecule has 0 heterocycles. The van der Waals surface area contributed by atoms with Crippen LogP contribution in [0.15, 0.2) is 60.7 Å². The summed E-state index contributed by atoms with van der Waals surface area (Å²) in [5.74, 6) is -1.59. The Labute approximate surface area is 175 Å². The van der Waals surface area contributed by atoms with Crippen LogP contribution in [0.3, 0.4) is 0 Å². The first-order valence-corrected chi connectivity index (χ1v) is 10.1. The molecule has 0 aliphatic carbocycles. The molecule has 0 spiro atoms. The molecule has 2 rings (SSSR count). The fourth-order valence-corrected chi connectivity index (χ4v) is 2.98. The normalized spacial score (nSPS) is 15.0. The summed E-state index contributed by atoms with van der Waals surface area (Å²) in [5.41, 5.74) is 2.10.